The highest BCUT2D eigenvalue weighted by Crippen LogP contribution is 2.34. The van der Waals surface area contributed by atoms with Gasteiger partial charge in [-0.2, -0.15) is 0 Å². The van der Waals surface area contributed by atoms with Gasteiger partial charge in [0.05, 0.1) is 11.4 Å². The Bertz CT molecular complexity index is 381. The van der Waals surface area contributed by atoms with E-state index in [1.54, 1.807) is 6.07 Å². The van der Waals surface area contributed by atoms with Crippen LogP contribution in [-0.2, 0) is 0 Å². The first-order chi connectivity index (χ1) is 7.63. The van der Waals surface area contributed by atoms with Crippen molar-refractivity contribution in [2.24, 2.45) is 5.73 Å². The molecule has 3 nitrogen and oxygen atoms in total. The number of hydrogen-bond acceptors (Lipinski definition) is 3. The molecule has 0 radical (unpaired) electrons. The molecule has 1 unspecified atom stereocenters. The second kappa shape index (κ2) is 4.29. The third kappa shape index (κ3) is 1.85. The van der Waals surface area contributed by atoms with Crippen LogP contribution in [0.4, 0.5) is 15.8 Å². The zero-order valence-electron chi connectivity index (χ0n) is 9.78. The zero-order valence-corrected chi connectivity index (χ0v) is 9.78. The smallest absolute Gasteiger partial charge is 0.125 e. The molecule has 0 bridgehead atoms. The third-order valence-electron chi connectivity index (χ3n) is 3.26. The fourth-order valence-electron chi connectivity index (χ4n) is 2.31. The van der Waals surface area contributed by atoms with Gasteiger partial charge in [-0.25, -0.2) is 4.39 Å². The Kier molecular flexibility index (Phi) is 3.01. The van der Waals surface area contributed by atoms with E-state index in [9.17, 15) is 4.39 Å². The van der Waals surface area contributed by atoms with Gasteiger partial charge in [0.25, 0.3) is 0 Å². The van der Waals surface area contributed by atoms with Crippen LogP contribution in [0.25, 0.3) is 0 Å². The summed E-state index contributed by atoms with van der Waals surface area (Å²) in [6.07, 6.45) is 0.956. The highest BCUT2D eigenvalue weighted by Gasteiger charge is 2.26. The second-order valence-electron chi connectivity index (χ2n) is 4.36. The molecule has 4 heteroatoms. The number of halogens is 1. The van der Waals surface area contributed by atoms with Crippen LogP contribution in [0.15, 0.2) is 18.2 Å². The maximum atomic E-state index is 13.2. The first-order valence-corrected chi connectivity index (χ1v) is 5.57. The summed E-state index contributed by atoms with van der Waals surface area (Å²) >= 11 is 0. The van der Waals surface area contributed by atoms with Crippen molar-refractivity contribution >= 4 is 11.4 Å². The Morgan fingerprint density at radius 3 is 2.81 bits per heavy atom. The Balaban J connectivity index is 2.35. The summed E-state index contributed by atoms with van der Waals surface area (Å²) in [6.45, 7) is 1.57. The molecule has 1 aromatic carbocycles. The molecule has 1 aromatic rings. The largest absolute Gasteiger partial charge is 0.371 e. The van der Waals surface area contributed by atoms with Gasteiger partial charge < -0.3 is 15.5 Å². The molecule has 2 rings (SSSR count). The van der Waals surface area contributed by atoms with Crippen molar-refractivity contribution in [3.63, 3.8) is 0 Å². The lowest BCUT2D eigenvalue weighted by Gasteiger charge is -2.41. The van der Waals surface area contributed by atoms with Crippen molar-refractivity contribution in [3.8, 4) is 0 Å². The van der Waals surface area contributed by atoms with Gasteiger partial charge in [-0.15, -0.1) is 0 Å². The first-order valence-electron chi connectivity index (χ1n) is 5.57. The van der Waals surface area contributed by atoms with E-state index in [2.05, 4.69) is 9.80 Å². The molecule has 1 heterocycles. The lowest BCUT2D eigenvalue weighted by atomic mass is 10.1. The molecule has 0 saturated carbocycles. The number of hydrogen-bond donors (Lipinski definition) is 1. The molecule has 0 aliphatic carbocycles. The first kappa shape index (κ1) is 11.2. The summed E-state index contributed by atoms with van der Waals surface area (Å²) in [5.74, 6) is -0.184. The van der Waals surface area contributed by atoms with Crippen molar-refractivity contribution < 1.29 is 4.39 Å². The standard InChI is InChI=1S/C12H18FN3/c1-15-8-10(5-6-14)16(2)11-4-3-9(13)7-12(11)15/h3-4,7,10H,5-6,8,14H2,1-2H3. The quantitative estimate of drug-likeness (QED) is 0.823. The number of rotatable bonds is 2. The second-order valence-corrected chi connectivity index (χ2v) is 4.36. The van der Waals surface area contributed by atoms with E-state index < -0.39 is 0 Å². The predicted molar refractivity (Wildman–Crippen MR) is 65.5 cm³/mol. The van der Waals surface area contributed by atoms with Crippen LogP contribution in [0.1, 0.15) is 6.42 Å². The Morgan fingerprint density at radius 2 is 2.12 bits per heavy atom. The van der Waals surface area contributed by atoms with Crippen LogP contribution in [-0.4, -0.2) is 33.2 Å². The average molecular weight is 223 g/mol. The lowest BCUT2D eigenvalue weighted by Crippen LogP contribution is -2.46. The molecule has 2 N–H and O–H groups in total. The molecule has 0 saturated heterocycles. The Morgan fingerprint density at radius 1 is 1.38 bits per heavy atom. The normalized spacial score (nSPS) is 19.9. The van der Waals surface area contributed by atoms with Gasteiger partial charge in [-0.05, 0) is 31.2 Å². The van der Waals surface area contributed by atoms with Gasteiger partial charge in [-0.1, -0.05) is 0 Å². The molecule has 16 heavy (non-hydrogen) atoms. The Labute approximate surface area is 95.6 Å². The highest BCUT2D eigenvalue weighted by atomic mass is 19.1. The molecule has 0 fully saturated rings. The van der Waals surface area contributed by atoms with Crippen molar-refractivity contribution in [1.29, 1.82) is 0 Å². The van der Waals surface area contributed by atoms with E-state index in [0.717, 1.165) is 24.3 Å². The maximum absolute atomic E-state index is 13.2. The minimum atomic E-state index is -0.184. The van der Waals surface area contributed by atoms with Gasteiger partial charge in [0.15, 0.2) is 0 Å². The minimum absolute atomic E-state index is 0.184. The molecule has 88 valence electrons. The summed E-state index contributed by atoms with van der Waals surface area (Å²) < 4.78 is 13.2. The fraction of sp³-hybridized carbons (Fsp3) is 0.500. The summed E-state index contributed by atoms with van der Waals surface area (Å²) in [7, 11) is 4.04. The van der Waals surface area contributed by atoms with Gasteiger partial charge in [0.2, 0.25) is 0 Å². The predicted octanol–water partition coefficient (Wildman–Crippen LogP) is 1.43. The SMILES string of the molecule is CN1CC(CCN)N(C)c2ccc(F)cc21. The van der Waals surface area contributed by atoms with Crippen molar-refractivity contribution in [2.45, 2.75) is 12.5 Å². The van der Waals surface area contributed by atoms with Crippen LogP contribution >= 0.6 is 0 Å². The van der Waals surface area contributed by atoms with E-state index in [0.29, 0.717) is 12.6 Å². The van der Waals surface area contributed by atoms with E-state index in [4.69, 9.17) is 5.73 Å². The lowest BCUT2D eigenvalue weighted by molar-refractivity contribution is 0.563. The fourth-order valence-corrected chi connectivity index (χ4v) is 2.31. The van der Waals surface area contributed by atoms with E-state index >= 15 is 0 Å². The molecule has 0 amide bonds. The highest BCUT2D eigenvalue weighted by molar-refractivity contribution is 5.73. The van der Waals surface area contributed by atoms with E-state index in [1.165, 1.54) is 6.07 Å². The number of nitrogens with zero attached hydrogens (tertiary/aromatic N) is 2. The van der Waals surface area contributed by atoms with Gasteiger partial charge in [0, 0.05) is 26.7 Å². The van der Waals surface area contributed by atoms with E-state index in [-0.39, 0.29) is 5.82 Å². The number of benzene rings is 1. The van der Waals surface area contributed by atoms with E-state index in [1.807, 2.05) is 20.2 Å². The number of fused-ring (bicyclic) bond motifs is 1. The summed E-state index contributed by atoms with van der Waals surface area (Å²) in [5.41, 5.74) is 7.64. The molecular formula is C12H18FN3. The van der Waals surface area contributed by atoms with Crippen LogP contribution in [0, 0.1) is 5.82 Å². The molecule has 0 aromatic heterocycles. The third-order valence-corrected chi connectivity index (χ3v) is 3.26. The Hall–Kier alpha value is -1.29. The van der Waals surface area contributed by atoms with Crippen LogP contribution in [0.5, 0.6) is 0 Å². The molecular weight excluding hydrogens is 205 g/mol. The summed E-state index contributed by atoms with van der Waals surface area (Å²) in [6, 6.07) is 5.34. The molecule has 0 spiro atoms. The topological polar surface area (TPSA) is 32.5 Å². The van der Waals surface area contributed by atoms with Gasteiger partial charge >= 0.3 is 0 Å². The summed E-state index contributed by atoms with van der Waals surface area (Å²) in [4.78, 5) is 4.29. The maximum Gasteiger partial charge on any atom is 0.125 e. The van der Waals surface area contributed by atoms with Gasteiger partial charge in [0.1, 0.15) is 5.82 Å². The number of anilines is 2. The van der Waals surface area contributed by atoms with Crippen molar-refractivity contribution in [1.82, 2.24) is 0 Å². The minimum Gasteiger partial charge on any atom is -0.371 e. The molecule has 1 aliphatic rings. The van der Waals surface area contributed by atoms with Crippen LogP contribution in [0.3, 0.4) is 0 Å². The van der Waals surface area contributed by atoms with Crippen LogP contribution in [0.2, 0.25) is 0 Å². The zero-order chi connectivity index (χ0) is 11.7. The monoisotopic (exact) mass is 223 g/mol. The van der Waals surface area contributed by atoms with Gasteiger partial charge in [-0.3, -0.25) is 0 Å². The molecule has 1 aliphatic heterocycles. The van der Waals surface area contributed by atoms with Crippen molar-refractivity contribution in [3.05, 3.63) is 24.0 Å². The number of nitrogens with two attached hydrogens (primary N) is 1. The number of likely N-dealkylation sites (N-methyl/N-ethyl adjacent to an activating group) is 2. The van der Waals surface area contributed by atoms with Crippen molar-refractivity contribution in [2.75, 3.05) is 37.0 Å². The summed E-state index contributed by atoms with van der Waals surface area (Å²) in [5, 5.41) is 0. The molecule has 1 atom stereocenters. The van der Waals surface area contributed by atoms with Crippen LogP contribution < -0.4 is 15.5 Å². The average Bonchev–Trinajstić information content (AvgIpc) is 2.26.